The second-order valence-electron chi connectivity index (χ2n) is 1.85. The summed E-state index contributed by atoms with van der Waals surface area (Å²) in [5.74, 6) is 0. The Hall–Kier alpha value is 1.63. The Bertz CT molecular complexity index is 87.8. The molecule has 0 aliphatic carbocycles. The van der Waals surface area contributed by atoms with E-state index < -0.39 is 0 Å². The molecule has 0 aliphatic rings. The molecule has 0 atom stereocenters. The predicted octanol–water partition coefficient (Wildman–Crippen LogP) is 2.21. The van der Waals surface area contributed by atoms with Crippen LogP contribution >= 0.6 is 31.9 Å². The summed E-state index contributed by atoms with van der Waals surface area (Å²) >= 11 is 6.20. The van der Waals surface area contributed by atoms with E-state index in [0.29, 0.717) is 6.42 Å². The van der Waals surface area contributed by atoms with Crippen LogP contribution in [0.5, 0.6) is 0 Å². The van der Waals surface area contributed by atoms with Gasteiger partial charge in [0.05, 0.1) is 0 Å². The van der Waals surface area contributed by atoms with E-state index in [-0.39, 0.29) is 34.2 Å². The summed E-state index contributed by atoms with van der Waals surface area (Å²) in [6.07, 6.45) is 3.99. The van der Waals surface area contributed by atoms with Gasteiger partial charge in [-0.05, 0) is 28.8 Å². The molecular weight excluding hydrogens is 271 g/mol. The van der Waals surface area contributed by atoms with Gasteiger partial charge in [-0.25, -0.2) is 0 Å². The number of hydrogen-bond donors (Lipinski definition) is 0. The topological polar surface area (TPSA) is 17.1 Å². The molecule has 0 saturated heterocycles. The van der Waals surface area contributed by atoms with Crippen LogP contribution in [0.1, 0.15) is 25.7 Å². The maximum atomic E-state index is 10.3. The van der Waals surface area contributed by atoms with E-state index in [9.17, 15) is 4.79 Å². The molecule has 0 aromatic rings. The van der Waals surface area contributed by atoms with Crippen molar-refractivity contribution in [2.45, 2.75) is 25.7 Å². The van der Waals surface area contributed by atoms with Crippen LogP contribution in [-0.2, 0) is 4.79 Å². The molecule has 10 heavy (non-hydrogen) atoms. The van der Waals surface area contributed by atoms with Crippen LogP contribution < -0.4 is 0 Å². The fraction of sp³-hybridized carbons (Fsp3) is 0.833. The molecular formula is C6H11Br2NaO. The monoisotopic (exact) mass is 280 g/mol. The van der Waals surface area contributed by atoms with Crippen molar-refractivity contribution in [3.05, 3.63) is 0 Å². The number of carbonyl (C=O) groups excluding carboxylic acids is 1. The molecule has 0 aromatic heterocycles. The van der Waals surface area contributed by atoms with Crippen molar-refractivity contribution in [3.63, 3.8) is 0 Å². The Morgan fingerprint density at radius 1 is 1.20 bits per heavy atom. The zero-order chi connectivity index (χ0) is 7.11. The van der Waals surface area contributed by atoms with E-state index >= 15 is 0 Å². The molecule has 0 bridgehead atoms. The first-order valence-electron chi connectivity index (χ1n) is 3.01. The van der Waals surface area contributed by atoms with E-state index in [2.05, 4.69) is 31.9 Å². The molecule has 0 aliphatic heterocycles. The van der Waals surface area contributed by atoms with Gasteiger partial charge in [0, 0.05) is 11.8 Å². The predicted molar refractivity (Wildman–Crippen MR) is 53.3 cm³/mol. The Labute approximate surface area is 101 Å². The summed E-state index contributed by atoms with van der Waals surface area (Å²) in [5, 5.41) is 1.05. The Morgan fingerprint density at radius 2 is 1.80 bits per heavy atom. The van der Waals surface area contributed by atoms with Crippen LogP contribution in [0.3, 0.4) is 0 Å². The Morgan fingerprint density at radius 3 is 2.20 bits per heavy atom. The van der Waals surface area contributed by atoms with Gasteiger partial charge in [0.2, 0.25) is 0 Å². The summed E-state index contributed by atoms with van der Waals surface area (Å²) in [5.41, 5.74) is 0. The number of halogens is 2. The fourth-order valence-electron chi connectivity index (χ4n) is 0.535. The van der Waals surface area contributed by atoms with Crippen molar-refractivity contribution < 1.29 is 4.79 Å². The maximum absolute atomic E-state index is 10.3. The van der Waals surface area contributed by atoms with Crippen molar-refractivity contribution in [2.75, 3.05) is 5.33 Å². The molecule has 56 valence electrons. The van der Waals surface area contributed by atoms with Crippen LogP contribution in [0, 0.1) is 0 Å². The van der Waals surface area contributed by atoms with E-state index in [1.54, 1.807) is 0 Å². The van der Waals surface area contributed by atoms with Crippen molar-refractivity contribution in [3.8, 4) is 0 Å². The average Bonchev–Trinajstić information content (AvgIpc) is 1.80. The van der Waals surface area contributed by atoms with Crippen LogP contribution in [0.4, 0.5) is 0 Å². The van der Waals surface area contributed by atoms with Gasteiger partial charge in [-0.15, -0.1) is 0 Å². The van der Waals surface area contributed by atoms with Crippen molar-refractivity contribution >= 4 is 66.1 Å². The summed E-state index contributed by atoms with van der Waals surface area (Å²) in [6.45, 7) is 0. The molecule has 0 unspecified atom stereocenters. The van der Waals surface area contributed by atoms with Gasteiger partial charge in [-0.2, -0.15) is 0 Å². The van der Waals surface area contributed by atoms with Crippen LogP contribution in [-0.4, -0.2) is 39.6 Å². The molecule has 0 saturated carbocycles. The zero-order valence-corrected chi connectivity index (χ0v) is 8.37. The van der Waals surface area contributed by atoms with Crippen LogP contribution in [0.25, 0.3) is 0 Å². The van der Waals surface area contributed by atoms with Crippen molar-refractivity contribution in [2.24, 2.45) is 0 Å². The Balaban J connectivity index is 0. The molecule has 0 spiro atoms. The van der Waals surface area contributed by atoms with Crippen LogP contribution in [0.2, 0.25) is 0 Å². The second kappa shape index (κ2) is 10.6. The molecule has 0 amide bonds. The number of unbranched alkanes of at least 4 members (excludes halogenated alkanes) is 2. The summed E-state index contributed by atoms with van der Waals surface area (Å²) in [7, 11) is 0. The van der Waals surface area contributed by atoms with Gasteiger partial charge in [0.1, 0.15) is 0 Å². The number of carbonyl (C=O) groups is 1. The molecule has 0 rings (SSSR count). The van der Waals surface area contributed by atoms with Gasteiger partial charge < -0.3 is 0 Å². The van der Waals surface area contributed by atoms with Crippen molar-refractivity contribution in [1.29, 1.82) is 0 Å². The molecule has 0 fully saturated rings. The van der Waals surface area contributed by atoms with E-state index in [1.807, 2.05) is 0 Å². The summed E-state index contributed by atoms with van der Waals surface area (Å²) in [6, 6.07) is 0. The third kappa shape index (κ3) is 12.3. The third-order valence-corrected chi connectivity index (χ3v) is 1.96. The zero-order valence-electron chi connectivity index (χ0n) is 5.20. The van der Waals surface area contributed by atoms with Crippen LogP contribution in [0.15, 0.2) is 0 Å². The number of rotatable bonds is 5. The van der Waals surface area contributed by atoms with Crippen molar-refractivity contribution in [1.82, 2.24) is 0 Å². The summed E-state index contributed by atoms with van der Waals surface area (Å²) in [4.78, 5) is 10.3. The van der Waals surface area contributed by atoms with E-state index in [4.69, 9.17) is 0 Å². The Kier molecular flexibility index (Phi) is 15.1. The van der Waals surface area contributed by atoms with E-state index in [1.165, 1.54) is 6.42 Å². The average molecular weight is 282 g/mol. The van der Waals surface area contributed by atoms with Gasteiger partial charge in [0.15, 0.2) is 4.69 Å². The van der Waals surface area contributed by atoms with Gasteiger partial charge in [0.25, 0.3) is 0 Å². The van der Waals surface area contributed by atoms with Gasteiger partial charge >= 0.3 is 29.6 Å². The SMILES string of the molecule is O=C(Br)CCCCCBr.[NaH]. The molecule has 1 nitrogen and oxygen atoms in total. The third-order valence-electron chi connectivity index (χ3n) is 1.01. The first kappa shape index (κ1) is 14.2. The molecule has 0 heterocycles. The first-order valence-corrected chi connectivity index (χ1v) is 4.93. The standard InChI is InChI=1S/C6H10Br2O.Na.H/c7-5-3-1-2-4-6(8)9;;/h1-5H2;;. The second-order valence-corrected chi connectivity index (χ2v) is 3.53. The first-order chi connectivity index (χ1) is 4.27. The molecule has 0 radical (unpaired) electrons. The van der Waals surface area contributed by atoms with Gasteiger partial charge in [-0.3, -0.25) is 4.79 Å². The minimum absolute atomic E-state index is 0. The fourth-order valence-corrected chi connectivity index (χ4v) is 1.21. The summed E-state index contributed by atoms with van der Waals surface area (Å²) < 4.78 is 0.122. The number of alkyl halides is 1. The number of hydrogen-bond acceptors (Lipinski definition) is 1. The minimum atomic E-state index is 0. The molecule has 0 aromatic carbocycles. The normalized spacial score (nSPS) is 8.60. The van der Waals surface area contributed by atoms with Gasteiger partial charge in [-0.1, -0.05) is 22.4 Å². The van der Waals surface area contributed by atoms with E-state index in [0.717, 1.165) is 18.2 Å². The molecule has 4 heteroatoms. The molecule has 0 N–H and O–H groups in total. The quantitative estimate of drug-likeness (QED) is 0.327.